The van der Waals surface area contributed by atoms with Crippen molar-refractivity contribution in [1.29, 1.82) is 0 Å². The van der Waals surface area contributed by atoms with E-state index < -0.39 is 28.0 Å². The molecule has 212 valence electrons. The first-order chi connectivity index (χ1) is 18.9. The van der Waals surface area contributed by atoms with Gasteiger partial charge in [-0.1, -0.05) is 48.0 Å². The van der Waals surface area contributed by atoms with Gasteiger partial charge in [-0.25, -0.2) is 0 Å². The van der Waals surface area contributed by atoms with Gasteiger partial charge in [-0.3, -0.25) is 4.98 Å². The number of nitrogens with zero attached hydrogens (tertiary/aromatic N) is 2. The normalized spacial score (nSPS) is 17.6. The number of nitrogens with one attached hydrogen (secondary N) is 1. The third-order valence-electron chi connectivity index (χ3n) is 6.79. The molecule has 7 nitrogen and oxygen atoms in total. The molecule has 2 atom stereocenters. The monoisotopic (exact) mass is 611 g/mol. The summed E-state index contributed by atoms with van der Waals surface area (Å²) >= 11 is 7.80. The van der Waals surface area contributed by atoms with Crippen LogP contribution in [0.3, 0.4) is 0 Å². The van der Waals surface area contributed by atoms with Crippen LogP contribution in [-0.4, -0.2) is 55.3 Å². The molecule has 0 amide bonds. The minimum Gasteiger partial charge on any atom is -0.379 e. The molecule has 2 aromatic carbocycles. The molecule has 4 aromatic rings. The lowest BCUT2D eigenvalue weighted by molar-refractivity contribution is -0.258. The highest BCUT2D eigenvalue weighted by atomic mass is 35.5. The molecule has 0 radical (unpaired) electrons. The highest BCUT2D eigenvalue weighted by molar-refractivity contribution is 7.87. The van der Waals surface area contributed by atoms with E-state index in [1.807, 2.05) is 12.1 Å². The van der Waals surface area contributed by atoms with Gasteiger partial charge < -0.3 is 9.84 Å². The van der Waals surface area contributed by atoms with E-state index in [0.717, 1.165) is 11.5 Å². The van der Waals surface area contributed by atoms with Crippen molar-refractivity contribution in [1.82, 2.24) is 14.0 Å². The molecule has 2 N–H and O–H groups in total. The number of hydrogen-bond donors (Lipinski definition) is 2. The number of rotatable bonds is 7. The fourth-order valence-corrected chi connectivity index (χ4v) is 7.37. The highest BCUT2D eigenvalue weighted by Gasteiger charge is 2.51. The molecule has 13 heteroatoms. The molecule has 0 spiro atoms. The topological polar surface area (TPSA) is 91.8 Å². The number of morpholine rings is 1. The van der Waals surface area contributed by atoms with E-state index in [-0.39, 0.29) is 37.6 Å². The van der Waals surface area contributed by atoms with Crippen molar-refractivity contribution in [2.24, 2.45) is 0 Å². The third kappa shape index (κ3) is 5.62. The number of aromatic nitrogens is 1. The average Bonchev–Trinajstić information content (AvgIpc) is 3.36. The number of thiophene rings is 1. The Morgan fingerprint density at radius 1 is 1.10 bits per heavy atom. The second kappa shape index (κ2) is 11.0. The van der Waals surface area contributed by atoms with Crippen LogP contribution in [0.2, 0.25) is 5.02 Å². The van der Waals surface area contributed by atoms with Crippen molar-refractivity contribution >= 4 is 43.2 Å². The summed E-state index contributed by atoms with van der Waals surface area (Å²) in [5, 5.41) is 11.3. The standard InChI is InChI=1S/C27H25ClF3N3O4S2/c1-26(35,27(29,30)31)18-9-10-32-22(16-18)20-7-4-5-17-15-23(39-25(17)20)24(19-6-2-3-8-21(19)28)33-40(36,37)34-11-13-38-14-12-34/h2-10,15-16,24,33,35H,11-14H2,1H3. The minimum atomic E-state index is -4.88. The Balaban J connectivity index is 1.60. The molecule has 1 aliphatic rings. The zero-order valence-corrected chi connectivity index (χ0v) is 23.5. The smallest absolute Gasteiger partial charge is 0.379 e. The van der Waals surface area contributed by atoms with Gasteiger partial charge in [-0.15, -0.1) is 11.3 Å². The van der Waals surface area contributed by atoms with Crippen LogP contribution in [-0.2, 0) is 20.5 Å². The maximum Gasteiger partial charge on any atom is 0.421 e. The lowest BCUT2D eigenvalue weighted by Gasteiger charge is -2.28. The molecule has 3 heterocycles. The number of benzene rings is 2. The summed E-state index contributed by atoms with van der Waals surface area (Å²) in [7, 11) is -3.93. The van der Waals surface area contributed by atoms with Gasteiger partial charge in [0.1, 0.15) is 0 Å². The summed E-state index contributed by atoms with van der Waals surface area (Å²) in [5.74, 6) is 0. The van der Waals surface area contributed by atoms with Crippen LogP contribution in [0.1, 0.15) is 29.0 Å². The predicted molar refractivity (Wildman–Crippen MR) is 148 cm³/mol. The fourth-order valence-electron chi connectivity index (χ4n) is 4.47. The molecule has 2 aromatic heterocycles. The summed E-state index contributed by atoms with van der Waals surface area (Å²) in [6, 6.07) is 15.6. The molecule has 1 saturated heterocycles. The second-order valence-corrected chi connectivity index (χ2v) is 12.7. The molecular weight excluding hydrogens is 587 g/mol. The Labute approximate surface area is 238 Å². The van der Waals surface area contributed by atoms with E-state index in [1.54, 1.807) is 36.4 Å². The molecule has 0 saturated carbocycles. The Kier molecular flexibility index (Phi) is 7.96. The molecule has 40 heavy (non-hydrogen) atoms. The second-order valence-electron chi connectivity index (χ2n) is 9.46. The summed E-state index contributed by atoms with van der Waals surface area (Å²) in [4.78, 5) is 4.91. The van der Waals surface area contributed by atoms with Gasteiger partial charge in [0, 0.05) is 39.4 Å². The first-order valence-corrected chi connectivity index (χ1v) is 14.9. The first-order valence-electron chi connectivity index (χ1n) is 12.3. The van der Waals surface area contributed by atoms with E-state index in [9.17, 15) is 26.7 Å². The van der Waals surface area contributed by atoms with Crippen LogP contribution in [0.4, 0.5) is 13.2 Å². The number of halogens is 4. The van der Waals surface area contributed by atoms with E-state index in [1.165, 1.54) is 27.9 Å². The lowest BCUT2D eigenvalue weighted by Crippen LogP contribution is -2.47. The molecule has 1 aliphatic heterocycles. The van der Waals surface area contributed by atoms with Crippen molar-refractivity contribution in [3.63, 3.8) is 0 Å². The van der Waals surface area contributed by atoms with Gasteiger partial charge in [0.15, 0.2) is 5.60 Å². The number of ether oxygens (including phenoxy) is 1. The maximum absolute atomic E-state index is 13.5. The minimum absolute atomic E-state index is 0.213. The van der Waals surface area contributed by atoms with Gasteiger partial charge in [0.2, 0.25) is 0 Å². The van der Waals surface area contributed by atoms with Crippen LogP contribution in [0.5, 0.6) is 0 Å². The van der Waals surface area contributed by atoms with Crippen LogP contribution in [0, 0.1) is 0 Å². The summed E-state index contributed by atoms with van der Waals surface area (Å²) in [6.45, 7) is 1.70. The molecular formula is C27H25ClF3N3O4S2. The number of pyridine rings is 1. The molecule has 5 rings (SSSR count). The van der Waals surface area contributed by atoms with E-state index in [2.05, 4.69) is 9.71 Å². The average molecular weight is 612 g/mol. The van der Waals surface area contributed by atoms with Crippen LogP contribution in [0.15, 0.2) is 66.9 Å². The highest BCUT2D eigenvalue weighted by Crippen LogP contribution is 2.42. The van der Waals surface area contributed by atoms with Crippen molar-refractivity contribution in [3.8, 4) is 11.3 Å². The lowest BCUT2D eigenvalue weighted by atomic mass is 9.94. The Bertz CT molecular complexity index is 1640. The largest absolute Gasteiger partial charge is 0.421 e. The van der Waals surface area contributed by atoms with Crippen LogP contribution >= 0.6 is 22.9 Å². The van der Waals surface area contributed by atoms with E-state index >= 15 is 0 Å². The van der Waals surface area contributed by atoms with Crippen molar-refractivity contribution < 1.29 is 31.4 Å². The Hall–Kier alpha value is -2.58. The number of hydrogen-bond acceptors (Lipinski definition) is 6. The zero-order valence-electron chi connectivity index (χ0n) is 21.2. The SMILES string of the molecule is CC(O)(c1ccnc(-c2cccc3cc(C(NS(=O)(=O)N4CCOCC4)c4ccccc4Cl)sc23)c1)C(F)(F)F. The molecule has 0 aliphatic carbocycles. The summed E-state index contributed by atoms with van der Waals surface area (Å²) in [5.41, 5.74) is -2.07. The number of aliphatic hydroxyl groups is 1. The van der Waals surface area contributed by atoms with Crippen molar-refractivity contribution in [3.05, 3.63) is 87.9 Å². The first kappa shape index (κ1) is 28.9. The maximum atomic E-state index is 13.5. The van der Waals surface area contributed by atoms with E-state index in [4.69, 9.17) is 16.3 Å². The van der Waals surface area contributed by atoms with Gasteiger partial charge in [-0.2, -0.15) is 30.6 Å². The van der Waals surface area contributed by atoms with Crippen LogP contribution < -0.4 is 4.72 Å². The predicted octanol–water partition coefficient (Wildman–Crippen LogP) is 5.64. The fraction of sp³-hybridized carbons (Fsp3) is 0.296. The summed E-state index contributed by atoms with van der Waals surface area (Å²) < 4.78 is 77.4. The van der Waals surface area contributed by atoms with E-state index in [0.29, 0.717) is 32.7 Å². The van der Waals surface area contributed by atoms with Crippen molar-refractivity contribution in [2.45, 2.75) is 24.7 Å². The Morgan fingerprint density at radius 2 is 1.82 bits per heavy atom. The third-order valence-corrected chi connectivity index (χ3v) is 9.96. The van der Waals surface area contributed by atoms with Gasteiger partial charge in [-0.05, 0) is 47.7 Å². The number of alkyl halides is 3. The number of fused-ring (bicyclic) bond motifs is 1. The summed E-state index contributed by atoms with van der Waals surface area (Å²) in [6.07, 6.45) is -3.66. The van der Waals surface area contributed by atoms with Gasteiger partial charge >= 0.3 is 6.18 Å². The molecule has 1 fully saturated rings. The quantitative estimate of drug-likeness (QED) is 0.282. The van der Waals surface area contributed by atoms with Gasteiger partial charge in [0.25, 0.3) is 10.2 Å². The molecule has 2 unspecified atom stereocenters. The Morgan fingerprint density at radius 3 is 2.52 bits per heavy atom. The van der Waals surface area contributed by atoms with Gasteiger partial charge in [0.05, 0.1) is 24.9 Å². The molecule has 0 bridgehead atoms. The van der Waals surface area contributed by atoms with Crippen molar-refractivity contribution in [2.75, 3.05) is 26.3 Å². The van der Waals surface area contributed by atoms with Crippen LogP contribution in [0.25, 0.3) is 21.3 Å². The zero-order chi connectivity index (χ0) is 28.7.